The zero-order valence-corrected chi connectivity index (χ0v) is 21.6. The number of aryl methyl sites for hydroxylation is 1. The highest BCUT2D eigenvalue weighted by Gasteiger charge is 2.51. The second-order valence-corrected chi connectivity index (χ2v) is 10.8. The summed E-state index contributed by atoms with van der Waals surface area (Å²) in [6, 6.07) is 4.14. The number of hydrogen-bond donors (Lipinski definition) is 2. The maximum Gasteiger partial charge on any atom is 0.301 e. The van der Waals surface area contributed by atoms with Gasteiger partial charge in [0.25, 0.3) is 5.56 Å². The molecule has 0 bridgehead atoms. The van der Waals surface area contributed by atoms with E-state index in [1.165, 1.54) is 10.8 Å². The first-order valence-corrected chi connectivity index (χ1v) is 13.2. The second kappa shape index (κ2) is 9.52. The zero-order chi connectivity index (χ0) is 26.6. The van der Waals surface area contributed by atoms with Gasteiger partial charge in [-0.15, -0.1) is 0 Å². The molecule has 4 heterocycles. The van der Waals surface area contributed by atoms with Gasteiger partial charge >= 0.3 is 5.92 Å². The van der Waals surface area contributed by atoms with E-state index in [0.717, 1.165) is 19.4 Å². The first kappa shape index (κ1) is 25.1. The Kier molecular flexibility index (Phi) is 6.28. The lowest BCUT2D eigenvalue weighted by Gasteiger charge is -2.31. The van der Waals surface area contributed by atoms with Gasteiger partial charge < -0.3 is 24.8 Å². The van der Waals surface area contributed by atoms with Crippen LogP contribution >= 0.6 is 11.6 Å². The lowest BCUT2D eigenvalue weighted by Crippen LogP contribution is -2.44. The van der Waals surface area contributed by atoms with Crippen molar-refractivity contribution in [3.8, 4) is 5.75 Å². The normalized spacial score (nSPS) is 22.8. The molecule has 2 aliphatic heterocycles. The van der Waals surface area contributed by atoms with E-state index < -0.39 is 24.1 Å². The van der Waals surface area contributed by atoms with Crippen LogP contribution in [0.2, 0.25) is 5.02 Å². The number of benzene rings is 1. The van der Waals surface area contributed by atoms with Crippen molar-refractivity contribution >= 4 is 45.6 Å². The maximum atomic E-state index is 14.9. The smallest absolute Gasteiger partial charge is 0.301 e. The lowest BCUT2D eigenvalue weighted by atomic mass is 10.00. The third-order valence-corrected chi connectivity index (χ3v) is 7.90. The average molecular weight is 549 g/mol. The van der Waals surface area contributed by atoms with Crippen molar-refractivity contribution in [3.05, 3.63) is 39.8 Å². The van der Waals surface area contributed by atoms with E-state index in [0.29, 0.717) is 52.8 Å². The maximum absolute atomic E-state index is 14.9. The molecule has 1 aromatic carbocycles. The molecule has 2 atom stereocenters. The molecule has 12 heteroatoms. The summed E-state index contributed by atoms with van der Waals surface area (Å²) < 4.78 is 49.9. The van der Waals surface area contributed by atoms with E-state index in [9.17, 15) is 18.0 Å². The van der Waals surface area contributed by atoms with Crippen LogP contribution in [0.1, 0.15) is 25.7 Å². The number of nitrogens with zero attached hydrogens (tertiary/aromatic N) is 4. The van der Waals surface area contributed by atoms with E-state index in [1.807, 2.05) is 4.90 Å². The van der Waals surface area contributed by atoms with Gasteiger partial charge in [0, 0.05) is 37.1 Å². The highest BCUT2D eigenvalue weighted by atomic mass is 35.5. The Hall–Kier alpha value is -3.21. The Morgan fingerprint density at radius 1 is 1.29 bits per heavy atom. The van der Waals surface area contributed by atoms with E-state index in [1.54, 1.807) is 25.2 Å². The van der Waals surface area contributed by atoms with Gasteiger partial charge in [-0.2, -0.15) is 4.98 Å². The molecule has 38 heavy (non-hydrogen) atoms. The summed E-state index contributed by atoms with van der Waals surface area (Å²) in [5, 5.41) is 7.03. The average Bonchev–Trinajstić information content (AvgIpc) is 3.76. The Labute approximate surface area is 222 Å². The Morgan fingerprint density at radius 2 is 2.11 bits per heavy atom. The van der Waals surface area contributed by atoms with E-state index >= 15 is 0 Å². The third kappa shape index (κ3) is 4.50. The molecule has 1 saturated carbocycles. The summed E-state index contributed by atoms with van der Waals surface area (Å²) in [6.45, 7) is 0.0225. The van der Waals surface area contributed by atoms with Crippen LogP contribution in [0.15, 0.2) is 29.2 Å². The van der Waals surface area contributed by atoms with Crippen molar-refractivity contribution in [1.29, 1.82) is 0 Å². The molecule has 2 N–H and O–H groups in total. The second-order valence-electron chi connectivity index (χ2n) is 10.4. The minimum atomic E-state index is -3.12. The number of fused-ring (bicyclic) bond motifs is 3. The molecule has 1 saturated heterocycles. The third-order valence-electron chi connectivity index (χ3n) is 7.62. The number of ether oxygens (including phenoxy) is 1. The molecule has 2 fully saturated rings. The quantitative estimate of drug-likeness (QED) is 0.457. The summed E-state index contributed by atoms with van der Waals surface area (Å²) in [7, 11) is 1.58. The summed E-state index contributed by atoms with van der Waals surface area (Å²) >= 11 is 6.41. The molecule has 3 aromatic rings. The van der Waals surface area contributed by atoms with Crippen LogP contribution in [0.5, 0.6) is 5.75 Å². The molecular formula is C26H28ClF3N6O2. The topological polar surface area (TPSA) is 84.3 Å². The highest BCUT2D eigenvalue weighted by molar-refractivity contribution is 6.32. The van der Waals surface area contributed by atoms with Gasteiger partial charge in [-0.25, -0.2) is 13.8 Å². The van der Waals surface area contributed by atoms with Crippen molar-refractivity contribution < 1.29 is 17.9 Å². The highest BCUT2D eigenvalue weighted by Crippen LogP contribution is 2.45. The minimum absolute atomic E-state index is 0.0524. The van der Waals surface area contributed by atoms with Crippen LogP contribution in [-0.2, 0) is 7.05 Å². The van der Waals surface area contributed by atoms with Crippen molar-refractivity contribution in [3.63, 3.8) is 0 Å². The molecule has 8 nitrogen and oxygen atoms in total. The standard InChI is InChI=1S/C26H28ClF3N6O2/c1-35-19-7-6-16(32-23-18(27)11-31-25(34-23)36-8-2-3-14(10-28)12-36)9-17(19)20-21(24(35)37)38-13-26(29,30)22(33-20)15-4-5-15/h6-7,9,11,14-15,22,33H,2-5,8,10,12-13H2,1H3,(H,31,32,34)/t14-,22+/m1/s1. The van der Waals surface area contributed by atoms with E-state index in [4.69, 9.17) is 16.3 Å². The molecule has 2 aromatic heterocycles. The number of nitrogens with one attached hydrogen (secondary N) is 2. The lowest BCUT2D eigenvalue weighted by molar-refractivity contribution is -0.0579. The molecule has 0 radical (unpaired) electrons. The fourth-order valence-corrected chi connectivity index (χ4v) is 5.53. The van der Waals surface area contributed by atoms with Gasteiger partial charge in [0.2, 0.25) is 11.7 Å². The Bertz CT molecular complexity index is 1450. The number of alkyl halides is 3. The molecule has 202 valence electrons. The molecule has 0 spiro atoms. The minimum Gasteiger partial charge on any atom is -0.480 e. The Morgan fingerprint density at radius 3 is 2.87 bits per heavy atom. The summed E-state index contributed by atoms with van der Waals surface area (Å²) in [6.07, 6.45) is 4.60. The van der Waals surface area contributed by atoms with Crippen LogP contribution in [-0.4, -0.2) is 52.9 Å². The van der Waals surface area contributed by atoms with Gasteiger partial charge in [-0.05, 0) is 49.8 Å². The number of piperidine rings is 1. The van der Waals surface area contributed by atoms with Gasteiger partial charge in [-0.3, -0.25) is 9.18 Å². The molecule has 1 aliphatic carbocycles. The van der Waals surface area contributed by atoms with Crippen LogP contribution in [0.4, 0.5) is 36.3 Å². The number of hydrogen-bond acceptors (Lipinski definition) is 7. The largest absolute Gasteiger partial charge is 0.480 e. The zero-order valence-electron chi connectivity index (χ0n) is 20.8. The van der Waals surface area contributed by atoms with Crippen molar-refractivity contribution in [2.24, 2.45) is 18.9 Å². The summed E-state index contributed by atoms with van der Waals surface area (Å²) in [4.78, 5) is 23.9. The van der Waals surface area contributed by atoms with E-state index in [2.05, 4.69) is 20.6 Å². The van der Waals surface area contributed by atoms with Gasteiger partial charge in [0.05, 0.1) is 30.1 Å². The molecule has 0 amide bonds. The fourth-order valence-electron chi connectivity index (χ4n) is 5.39. The Balaban J connectivity index is 1.37. The summed E-state index contributed by atoms with van der Waals surface area (Å²) in [5.41, 5.74) is 0.937. The molecule has 3 aliphatic rings. The van der Waals surface area contributed by atoms with Crippen molar-refractivity contribution in [2.75, 3.05) is 41.9 Å². The predicted molar refractivity (Wildman–Crippen MR) is 141 cm³/mol. The van der Waals surface area contributed by atoms with Gasteiger partial charge in [0.1, 0.15) is 5.02 Å². The first-order chi connectivity index (χ1) is 18.2. The van der Waals surface area contributed by atoms with E-state index in [-0.39, 0.29) is 29.9 Å². The number of halogens is 4. The SMILES string of the molecule is Cn1c(=O)c2c(c3cc(Nc4nc(N5CCC[C@H](CF)C5)ncc4Cl)ccc31)N[C@@H](C1CC1)C(F)(F)CO2. The summed E-state index contributed by atoms with van der Waals surface area (Å²) in [5.74, 6) is -2.64. The number of pyridine rings is 1. The molecule has 0 unspecified atom stereocenters. The molecular weight excluding hydrogens is 521 g/mol. The van der Waals surface area contributed by atoms with Crippen LogP contribution < -0.4 is 25.8 Å². The van der Waals surface area contributed by atoms with Crippen LogP contribution in [0, 0.1) is 11.8 Å². The van der Waals surface area contributed by atoms with Crippen LogP contribution in [0.3, 0.4) is 0 Å². The van der Waals surface area contributed by atoms with Gasteiger partial charge in [0.15, 0.2) is 12.4 Å². The number of rotatable bonds is 5. The first-order valence-electron chi connectivity index (χ1n) is 12.8. The predicted octanol–water partition coefficient (Wildman–Crippen LogP) is 5.13. The van der Waals surface area contributed by atoms with Crippen LogP contribution in [0.25, 0.3) is 10.9 Å². The van der Waals surface area contributed by atoms with Gasteiger partial charge in [-0.1, -0.05) is 11.6 Å². The van der Waals surface area contributed by atoms with Crippen molar-refractivity contribution in [1.82, 2.24) is 14.5 Å². The number of aromatic nitrogens is 3. The van der Waals surface area contributed by atoms with Crippen molar-refractivity contribution in [2.45, 2.75) is 37.6 Å². The monoisotopic (exact) mass is 548 g/mol. The molecule has 6 rings (SSSR count). The fraction of sp³-hybridized carbons (Fsp3) is 0.500. The number of anilines is 4.